The third-order valence-corrected chi connectivity index (χ3v) is 2.79. The van der Waals surface area contributed by atoms with Crippen LogP contribution in [0.25, 0.3) is 0 Å². The second-order valence-electron chi connectivity index (χ2n) is 3.86. The van der Waals surface area contributed by atoms with E-state index in [2.05, 4.69) is 18.7 Å². The van der Waals surface area contributed by atoms with Crippen LogP contribution in [-0.2, 0) is 0 Å². The highest BCUT2D eigenvalue weighted by molar-refractivity contribution is 5.59. The fourth-order valence-electron chi connectivity index (χ4n) is 1.99. The lowest BCUT2D eigenvalue weighted by Crippen LogP contribution is -2.22. The molecular weight excluding hydrogens is 204 g/mol. The molecule has 16 heavy (non-hydrogen) atoms. The fourth-order valence-corrected chi connectivity index (χ4v) is 1.99. The molecule has 1 aromatic carbocycles. The average molecular weight is 222 g/mol. The van der Waals surface area contributed by atoms with Crippen molar-refractivity contribution in [2.45, 2.75) is 27.7 Å². The van der Waals surface area contributed by atoms with Gasteiger partial charge in [-0.05, 0) is 39.8 Å². The van der Waals surface area contributed by atoms with Crippen molar-refractivity contribution in [3.05, 3.63) is 33.4 Å². The Morgan fingerprint density at radius 1 is 1.19 bits per heavy atom. The van der Waals surface area contributed by atoms with Gasteiger partial charge in [-0.1, -0.05) is 0 Å². The zero-order chi connectivity index (χ0) is 12.3. The van der Waals surface area contributed by atoms with Crippen LogP contribution in [0.5, 0.6) is 0 Å². The van der Waals surface area contributed by atoms with Crippen LogP contribution in [0.15, 0.2) is 12.1 Å². The number of anilines is 1. The molecule has 0 N–H and O–H groups in total. The minimum absolute atomic E-state index is 0.232. The summed E-state index contributed by atoms with van der Waals surface area (Å²) < 4.78 is 0. The Labute approximate surface area is 96.0 Å². The van der Waals surface area contributed by atoms with Crippen LogP contribution in [0, 0.1) is 24.0 Å². The maximum atomic E-state index is 10.9. The molecule has 0 saturated heterocycles. The maximum absolute atomic E-state index is 10.9. The van der Waals surface area contributed by atoms with E-state index in [4.69, 9.17) is 0 Å². The molecule has 0 aliphatic rings. The molecule has 1 rings (SSSR count). The third kappa shape index (κ3) is 2.32. The van der Waals surface area contributed by atoms with E-state index in [0.717, 1.165) is 29.9 Å². The molecule has 0 unspecified atom stereocenters. The largest absolute Gasteiger partial charge is 0.372 e. The van der Waals surface area contributed by atoms with Crippen LogP contribution in [0.3, 0.4) is 0 Å². The second kappa shape index (κ2) is 4.96. The van der Waals surface area contributed by atoms with Gasteiger partial charge in [-0.25, -0.2) is 0 Å². The first-order valence-corrected chi connectivity index (χ1v) is 5.51. The molecular formula is C12H18N2O2. The summed E-state index contributed by atoms with van der Waals surface area (Å²) in [6.45, 7) is 9.56. The summed E-state index contributed by atoms with van der Waals surface area (Å²) in [6, 6.07) is 3.77. The van der Waals surface area contributed by atoms with E-state index < -0.39 is 0 Å². The van der Waals surface area contributed by atoms with Gasteiger partial charge in [0, 0.05) is 29.9 Å². The molecule has 0 saturated carbocycles. The van der Waals surface area contributed by atoms with Gasteiger partial charge in [0.15, 0.2) is 0 Å². The Balaban J connectivity index is 3.23. The molecule has 4 heteroatoms. The molecule has 0 fully saturated rings. The first kappa shape index (κ1) is 12.5. The third-order valence-electron chi connectivity index (χ3n) is 2.79. The summed E-state index contributed by atoms with van der Waals surface area (Å²) in [6.07, 6.45) is 0. The molecule has 4 nitrogen and oxygen atoms in total. The first-order chi connectivity index (χ1) is 7.51. The molecule has 0 heterocycles. The van der Waals surface area contributed by atoms with Gasteiger partial charge in [0.05, 0.1) is 4.92 Å². The summed E-state index contributed by atoms with van der Waals surface area (Å²) in [7, 11) is 0. The number of benzene rings is 1. The van der Waals surface area contributed by atoms with Gasteiger partial charge in [-0.15, -0.1) is 0 Å². The molecule has 1 aromatic rings. The van der Waals surface area contributed by atoms with Crippen LogP contribution in [0.2, 0.25) is 0 Å². The van der Waals surface area contributed by atoms with Crippen LogP contribution < -0.4 is 4.90 Å². The Hall–Kier alpha value is -1.58. The average Bonchev–Trinajstić information content (AvgIpc) is 2.17. The number of rotatable bonds is 4. The van der Waals surface area contributed by atoms with Crippen molar-refractivity contribution >= 4 is 11.4 Å². The number of hydrogen-bond acceptors (Lipinski definition) is 3. The quantitative estimate of drug-likeness (QED) is 0.581. The van der Waals surface area contributed by atoms with Crippen molar-refractivity contribution in [1.29, 1.82) is 0 Å². The van der Waals surface area contributed by atoms with Crippen molar-refractivity contribution in [1.82, 2.24) is 0 Å². The summed E-state index contributed by atoms with van der Waals surface area (Å²) in [5.41, 5.74) is 2.75. The fraction of sp³-hybridized carbons (Fsp3) is 0.500. The zero-order valence-corrected chi connectivity index (χ0v) is 10.3. The highest BCUT2D eigenvalue weighted by Crippen LogP contribution is 2.28. The van der Waals surface area contributed by atoms with Gasteiger partial charge in [0.25, 0.3) is 5.69 Å². The Morgan fingerprint density at radius 3 is 1.94 bits per heavy atom. The van der Waals surface area contributed by atoms with E-state index in [9.17, 15) is 10.1 Å². The van der Waals surface area contributed by atoms with E-state index >= 15 is 0 Å². The standard InChI is InChI=1S/C12H18N2O2/c1-5-13(6-2)11-7-9(3)12(14(15)16)10(4)8-11/h7-8H,5-6H2,1-4H3. The molecule has 0 aliphatic carbocycles. The van der Waals surface area contributed by atoms with Crippen molar-refractivity contribution in [3.63, 3.8) is 0 Å². The summed E-state index contributed by atoms with van der Waals surface area (Å²) in [4.78, 5) is 12.7. The minimum atomic E-state index is -0.309. The smallest absolute Gasteiger partial charge is 0.275 e. The van der Waals surface area contributed by atoms with E-state index in [1.807, 2.05) is 12.1 Å². The van der Waals surface area contributed by atoms with Gasteiger partial charge in [0.1, 0.15) is 0 Å². The molecule has 0 aromatic heterocycles. The molecule has 0 radical (unpaired) electrons. The van der Waals surface area contributed by atoms with Crippen molar-refractivity contribution in [2.24, 2.45) is 0 Å². The molecule has 0 amide bonds. The van der Waals surface area contributed by atoms with Crippen molar-refractivity contribution in [3.8, 4) is 0 Å². The van der Waals surface area contributed by atoms with Gasteiger partial charge in [0.2, 0.25) is 0 Å². The highest BCUT2D eigenvalue weighted by atomic mass is 16.6. The number of nitro groups is 1. The number of nitrogens with zero attached hydrogens (tertiary/aromatic N) is 2. The maximum Gasteiger partial charge on any atom is 0.275 e. The van der Waals surface area contributed by atoms with Gasteiger partial charge in [-0.3, -0.25) is 10.1 Å². The predicted octanol–water partition coefficient (Wildman–Crippen LogP) is 3.06. The van der Waals surface area contributed by atoms with Crippen molar-refractivity contribution < 1.29 is 4.92 Å². The molecule has 0 spiro atoms. The van der Waals surface area contributed by atoms with E-state index in [1.54, 1.807) is 13.8 Å². The predicted molar refractivity (Wildman–Crippen MR) is 66.1 cm³/mol. The molecule has 0 bridgehead atoms. The monoisotopic (exact) mass is 222 g/mol. The number of nitro benzene ring substituents is 1. The van der Waals surface area contributed by atoms with Crippen LogP contribution >= 0.6 is 0 Å². The van der Waals surface area contributed by atoms with Crippen LogP contribution in [0.1, 0.15) is 25.0 Å². The van der Waals surface area contributed by atoms with E-state index in [0.29, 0.717) is 0 Å². The second-order valence-corrected chi connectivity index (χ2v) is 3.86. The van der Waals surface area contributed by atoms with Gasteiger partial charge >= 0.3 is 0 Å². The Bertz CT molecular complexity index is 375. The number of hydrogen-bond donors (Lipinski definition) is 0. The molecule has 0 aliphatic heterocycles. The minimum Gasteiger partial charge on any atom is -0.372 e. The van der Waals surface area contributed by atoms with Crippen LogP contribution in [-0.4, -0.2) is 18.0 Å². The van der Waals surface area contributed by atoms with E-state index in [1.165, 1.54) is 0 Å². The summed E-state index contributed by atoms with van der Waals surface area (Å²) in [5, 5.41) is 10.9. The summed E-state index contributed by atoms with van der Waals surface area (Å²) >= 11 is 0. The lowest BCUT2D eigenvalue weighted by atomic mass is 10.1. The Morgan fingerprint density at radius 2 is 1.62 bits per heavy atom. The van der Waals surface area contributed by atoms with Crippen LogP contribution in [0.4, 0.5) is 11.4 Å². The summed E-state index contributed by atoms with van der Waals surface area (Å²) in [5.74, 6) is 0. The van der Waals surface area contributed by atoms with E-state index in [-0.39, 0.29) is 10.6 Å². The lowest BCUT2D eigenvalue weighted by Gasteiger charge is -2.22. The SMILES string of the molecule is CCN(CC)c1cc(C)c([N+](=O)[O-])c(C)c1. The normalized spacial score (nSPS) is 10.2. The molecule has 88 valence electrons. The topological polar surface area (TPSA) is 46.4 Å². The van der Waals surface area contributed by atoms with Gasteiger partial charge in [-0.2, -0.15) is 0 Å². The van der Waals surface area contributed by atoms with Crippen molar-refractivity contribution in [2.75, 3.05) is 18.0 Å². The lowest BCUT2D eigenvalue weighted by molar-refractivity contribution is -0.386. The molecule has 0 atom stereocenters. The number of aryl methyl sites for hydroxylation is 2. The Kier molecular flexibility index (Phi) is 3.88. The van der Waals surface area contributed by atoms with Gasteiger partial charge < -0.3 is 4.90 Å². The first-order valence-electron chi connectivity index (χ1n) is 5.51. The highest BCUT2D eigenvalue weighted by Gasteiger charge is 2.16. The zero-order valence-electron chi connectivity index (χ0n) is 10.3.